The van der Waals surface area contributed by atoms with Crippen molar-refractivity contribution in [2.24, 2.45) is 29.1 Å². The summed E-state index contributed by atoms with van der Waals surface area (Å²) in [6, 6.07) is 1.64. The number of ether oxygens (including phenoxy) is 1. The number of imidazole rings is 1. The number of hydrogen-bond donors (Lipinski definition) is 0. The van der Waals surface area contributed by atoms with Gasteiger partial charge in [0.1, 0.15) is 0 Å². The van der Waals surface area contributed by atoms with E-state index in [1.54, 1.807) is 12.5 Å². The molecule has 1 aromatic heterocycles. The van der Waals surface area contributed by atoms with Crippen LogP contribution >= 0.6 is 0 Å². The van der Waals surface area contributed by atoms with E-state index in [1.807, 2.05) is 17.9 Å². The van der Waals surface area contributed by atoms with Gasteiger partial charge >= 0.3 is 0 Å². The maximum Gasteiger partial charge on any atom is 0.156 e. The average Bonchev–Trinajstić information content (AvgIpc) is 3.35. The van der Waals surface area contributed by atoms with Crippen LogP contribution in [0.1, 0.15) is 58.3 Å². The smallest absolute Gasteiger partial charge is 0.156 e. The van der Waals surface area contributed by atoms with E-state index in [0.717, 1.165) is 42.9 Å². The predicted octanol–water partition coefficient (Wildman–Crippen LogP) is 3.93. The number of ketones is 1. The van der Waals surface area contributed by atoms with E-state index in [4.69, 9.17) is 4.74 Å². The van der Waals surface area contributed by atoms with Crippen molar-refractivity contribution in [1.82, 2.24) is 9.55 Å². The average molecular weight is 415 g/mol. The van der Waals surface area contributed by atoms with Crippen molar-refractivity contribution in [1.29, 1.82) is 0 Å². The fourth-order valence-electron chi connectivity index (χ4n) is 8.60. The number of carbonyl (C=O) groups excluding carboxylic acids is 1. The molecule has 2 saturated carbocycles. The second-order valence-corrected chi connectivity index (χ2v) is 11.4. The Morgan fingerprint density at radius 1 is 1.23 bits per heavy atom. The summed E-state index contributed by atoms with van der Waals surface area (Å²) in [5.74, 6) is 2.98. The van der Waals surface area contributed by atoms with E-state index >= 15 is 0 Å². The Labute approximate surface area is 181 Å². The van der Waals surface area contributed by atoms with E-state index in [9.17, 15) is 4.79 Å². The van der Waals surface area contributed by atoms with Crippen LogP contribution in [0.4, 0.5) is 0 Å². The fourth-order valence-corrected chi connectivity index (χ4v) is 8.60. The van der Waals surface area contributed by atoms with Crippen molar-refractivity contribution in [3.63, 3.8) is 0 Å². The van der Waals surface area contributed by atoms with Crippen LogP contribution < -0.4 is 0 Å². The molecule has 30 heavy (non-hydrogen) atoms. The molecule has 3 heterocycles. The summed E-state index contributed by atoms with van der Waals surface area (Å²) in [4.78, 5) is 17.4. The van der Waals surface area contributed by atoms with Crippen LogP contribution in [-0.4, -0.2) is 59.2 Å². The van der Waals surface area contributed by atoms with Crippen LogP contribution in [0, 0.1) is 29.1 Å². The molecule has 8 atom stereocenters. The van der Waals surface area contributed by atoms with Crippen LogP contribution in [0.3, 0.4) is 0 Å². The zero-order valence-corrected chi connectivity index (χ0v) is 19.1. The molecule has 2 aliphatic carbocycles. The van der Waals surface area contributed by atoms with Gasteiger partial charge in [0.2, 0.25) is 0 Å². The van der Waals surface area contributed by atoms with Gasteiger partial charge in [-0.25, -0.2) is 4.98 Å². The van der Waals surface area contributed by atoms with E-state index in [0.29, 0.717) is 12.3 Å². The third kappa shape index (κ3) is 3.19. The van der Waals surface area contributed by atoms with Crippen LogP contribution in [0.5, 0.6) is 0 Å². The topological polar surface area (TPSA) is 44.1 Å². The van der Waals surface area contributed by atoms with Crippen molar-refractivity contribution in [2.75, 3.05) is 27.3 Å². The molecule has 0 amide bonds. The molecule has 5 rings (SSSR count). The molecule has 8 unspecified atom stereocenters. The van der Waals surface area contributed by atoms with Gasteiger partial charge < -0.3 is 13.8 Å². The predicted molar refractivity (Wildman–Crippen MR) is 117 cm³/mol. The van der Waals surface area contributed by atoms with Crippen molar-refractivity contribution in [3.8, 4) is 0 Å². The Kier molecular flexibility index (Phi) is 5.34. The quantitative estimate of drug-likeness (QED) is 0.686. The molecule has 1 aromatic rings. The highest BCUT2D eigenvalue weighted by Gasteiger charge is 2.61. The molecule has 2 saturated heterocycles. The number of piperidine rings is 2. The molecule has 2 aliphatic heterocycles. The fraction of sp³-hybridized carbons (Fsp3) is 0.840. The maximum atomic E-state index is 13.3. The zero-order valence-electron chi connectivity index (χ0n) is 19.1. The van der Waals surface area contributed by atoms with E-state index < -0.39 is 0 Å². The van der Waals surface area contributed by atoms with Gasteiger partial charge in [-0.1, -0.05) is 6.92 Å². The Hall–Kier alpha value is -1.20. The second-order valence-electron chi connectivity index (χ2n) is 11.4. The highest BCUT2D eigenvalue weighted by Crippen LogP contribution is 2.62. The lowest BCUT2D eigenvalue weighted by Gasteiger charge is -2.61. The number of carbonyl (C=O) groups is 1. The number of hydrogen-bond acceptors (Lipinski definition) is 3. The second kappa shape index (κ2) is 7.74. The van der Waals surface area contributed by atoms with E-state index in [-0.39, 0.29) is 11.3 Å². The van der Waals surface area contributed by atoms with Gasteiger partial charge in [0, 0.05) is 57.2 Å². The molecule has 4 fully saturated rings. The number of nitrogens with zero attached hydrogens (tertiary/aromatic N) is 3. The molecule has 0 N–H and O–H groups in total. The zero-order chi connectivity index (χ0) is 20.9. The molecule has 0 bridgehead atoms. The molecular weight excluding hydrogens is 374 g/mol. The lowest BCUT2D eigenvalue weighted by molar-refractivity contribution is -0.972. The van der Waals surface area contributed by atoms with Gasteiger partial charge in [-0.05, 0) is 49.4 Å². The number of aromatic nitrogens is 2. The first kappa shape index (κ1) is 20.7. The number of Topliss-reactive ketones (excluding diaryl/α,β-unsaturated/α-hetero) is 1. The lowest BCUT2D eigenvalue weighted by Crippen LogP contribution is -2.69. The first-order chi connectivity index (χ1) is 14.5. The van der Waals surface area contributed by atoms with Crippen molar-refractivity contribution < 1.29 is 14.0 Å². The van der Waals surface area contributed by atoms with Gasteiger partial charge in [-0.15, -0.1) is 0 Å². The normalized spacial score (nSPS) is 45.4. The molecule has 0 radical (unpaired) electrons. The highest BCUT2D eigenvalue weighted by molar-refractivity contribution is 5.82. The SMILES string of the molecule is COCC1CC[N+]2(C)C(CCC3C4CCC(C(=O)Cn5ccnc5)C4(C)CCC32)C1. The highest BCUT2D eigenvalue weighted by atomic mass is 16.5. The van der Waals surface area contributed by atoms with Crippen LogP contribution in [-0.2, 0) is 16.1 Å². The molecule has 166 valence electrons. The van der Waals surface area contributed by atoms with Crippen LogP contribution in [0.25, 0.3) is 0 Å². The summed E-state index contributed by atoms with van der Waals surface area (Å²) in [7, 11) is 4.43. The van der Waals surface area contributed by atoms with Crippen LogP contribution in [0.15, 0.2) is 18.7 Å². The standard InChI is InChI=1S/C25H40N3O2/c1-25-10-8-23-20(5-4-19-14-18(16-30-3)9-13-28(19,23)2)21(25)6-7-22(25)24(29)15-27-12-11-26-17-27/h11-12,17-23H,4-10,13-16H2,1-3H3/q+1. The van der Waals surface area contributed by atoms with Crippen molar-refractivity contribution in [2.45, 2.75) is 76.9 Å². The summed E-state index contributed by atoms with van der Waals surface area (Å²) in [5.41, 5.74) is 0.208. The molecule has 4 aliphatic rings. The first-order valence-electron chi connectivity index (χ1n) is 12.3. The molecule has 5 heteroatoms. The minimum Gasteiger partial charge on any atom is -0.384 e. The number of fused-ring (bicyclic) bond motifs is 5. The van der Waals surface area contributed by atoms with Crippen molar-refractivity contribution in [3.05, 3.63) is 18.7 Å². The third-order valence-electron chi connectivity index (χ3n) is 10.1. The minimum atomic E-state index is 0.208. The summed E-state index contributed by atoms with van der Waals surface area (Å²) >= 11 is 0. The summed E-state index contributed by atoms with van der Waals surface area (Å²) < 4.78 is 8.76. The van der Waals surface area contributed by atoms with Gasteiger partial charge in [0.25, 0.3) is 0 Å². The molecule has 5 nitrogen and oxygen atoms in total. The van der Waals surface area contributed by atoms with Gasteiger partial charge in [0.05, 0.1) is 38.5 Å². The van der Waals surface area contributed by atoms with Crippen molar-refractivity contribution >= 4 is 5.78 Å². The third-order valence-corrected chi connectivity index (χ3v) is 10.1. The summed E-state index contributed by atoms with van der Waals surface area (Å²) in [5, 5.41) is 0. The minimum absolute atomic E-state index is 0.208. The Morgan fingerprint density at radius 3 is 2.87 bits per heavy atom. The first-order valence-corrected chi connectivity index (χ1v) is 12.3. The largest absolute Gasteiger partial charge is 0.384 e. The molecular formula is C25H40N3O2+. The lowest BCUT2D eigenvalue weighted by atomic mass is 9.56. The number of quaternary nitrogens is 1. The molecule has 0 spiro atoms. The summed E-state index contributed by atoms with van der Waals surface area (Å²) in [6.45, 7) is 5.23. The van der Waals surface area contributed by atoms with Gasteiger partial charge in [-0.2, -0.15) is 0 Å². The number of methoxy groups -OCH3 is 1. The van der Waals surface area contributed by atoms with Gasteiger partial charge in [-0.3, -0.25) is 4.79 Å². The Morgan fingerprint density at radius 2 is 2.10 bits per heavy atom. The monoisotopic (exact) mass is 414 g/mol. The summed E-state index contributed by atoms with van der Waals surface area (Å²) in [6.07, 6.45) is 15.8. The van der Waals surface area contributed by atoms with E-state index in [1.165, 1.54) is 56.0 Å². The Bertz CT molecular complexity index is 764. The van der Waals surface area contributed by atoms with Gasteiger partial charge in [0.15, 0.2) is 5.78 Å². The molecule has 0 aromatic carbocycles. The number of rotatable bonds is 5. The maximum absolute atomic E-state index is 13.3. The van der Waals surface area contributed by atoms with E-state index in [2.05, 4.69) is 19.0 Å². The Balaban J connectivity index is 1.32. The van der Waals surface area contributed by atoms with Crippen LogP contribution in [0.2, 0.25) is 0 Å².